The highest BCUT2D eigenvalue weighted by atomic mass is 79.9. The molecule has 112 valence electrons. The van der Waals surface area contributed by atoms with Gasteiger partial charge in [0.1, 0.15) is 11.8 Å². The first-order valence-corrected chi connectivity index (χ1v) is 8.20. The molecule has 0 radical (unpaired) electrons. The maximum atomic E-state index is 12.1. The quantitative estimate of drug-likeness (QED) is 0.763. The number of hydrogen-bond donors (Lipinski definition) is 2. The summed E-state index contributed by atoms with van der Waals surface area (Å²) in [6.45, 7) is 2.63. The molecule has 4 nitrogen and oxygen atoms in total. The number of carbonyl (C=O) groups excluding carboxylic acids is 1. The number of ether oxygens (including phenoxy) is 1. The van der Waals surface area contributed by atoms with Crippen LogP contribution in [0.15, 0.2) is 40.2 Å². The van der Waals surface area contributed by atoms with E-state index >= 15 is 0 Å². The highest BCUT2D eigenvalue weighted by Crippen LogP contribution is 2.25. The van der Waals surface area contributed by atoms with Crippen LogP contribution in [0, 0.1) is 0 Å². The number of benzene rings is 1. The number of rotatable bonds is 6. The zero-order valence-corrected chi connectivity index (χ0v) is 13.9. The van der Waals surface area contributed by atoms with Crippen LogP contribution in [0.3, 0.4) is 0 Å². The molecule has 1 atom stereocenters. The van der Waals surface area contributed by atoms with Gasteiger partial charge < -0.3 is 9.84 Å². The molecular formula is C15H16BrNO3S. The SMILES string of the molecule is CCOC(=O)C(NCc1sccc1Br)c1cccc(O)c1. The molecule has 0 bridgehead atoms. The Morgan fingerprint density at radius 2 is 2.29 bits per heavy atom. The first-order valence-electron chi connectivity index (χ1n) is 6.52. The summed E-state index contributed by atoms with van der Waals surface area (Å²) in [6.07, 6.45) is 0. The molecule has 0 aliphatic rings. The highest BCUT2D eigenvalue weighted by molar-refractivity contribution is 9.10. The molecule has 1 heterocycles. The van der Waals surface area contributed by atoms with Gasteiger partial charge in [0, 0.05) is 15.9 Å². The van der Waals surface area contributed by atoms with Crippen LogP contribution in [0.25, 0.3) is 0 Å². The van der Waals surface area contributed by atoms with Gasteiger partial charge in [-0.25, -0.2) is 4.79 Å². The topological polar surface area (TPSA) is 58.6 Å². The lowest BCUT2D eigenvalue weighted by Gasteiger charge is -2.17. The van der Waals surface area contributed by atoms with Crippen LogP contribution in [0.5, 0.6) is 5.75 Å². The Morgan fingerprint density at radius 3 is 2.90 bits per heavy atom. The van der Waals surface area contributed by atoms with Gasteiger partial charge >= 0.3 is 5.97 Å². The van der Waals surface area contributed by atoms with Crippen molar-refractivity contribution in [3.63, 3.8) is 0 Å². The second-order valence-electron chi connectivity index (χ2n) is 4.35. The lowest BCUT2D eigenvalue weighted by Crippen LogP contribution is -2.29. The molecule has 1 unspecified atom stereocenters. The fourth-order valence-electron chi connectivity index (χ4n) is 1.91. The van der Waals surface area contributed by atoms with E-state index in [2.05, 4.69) is 21.2 Å². The number of nitrogens with one attached hydrogen (secondary N) is 1. The fourth-order valence-corrected chi connectivity index (χ4v) is 3.36. The maximum Gasteiger partial charge on any atom is 0.327 e. The number of halogens is 1. The zero-order valence-electron chi connectivity index (χ0n) is 11.5. The molecule has 1 aromatic heterocycles. The largest absolute Gasteiger partial charge is 0.508 e. The molecule has 0 fully saturated rings. The predicted molar refractivity (Wildman–Crippen MR) is 86.3 cm³/mol. The third-order valence-corrected chi connectivity index (χ3v) is 4.81. The molecule has 6 heteroatoms. The van der Waals surface area contributed by atoms with Gasteiger partial charge in [-0.1, -0.05) is 12.1 Å². The van der Waals surface area contributed by atoms with E-state index in [1.165, 1.54) is 0 Å². The number of phenols is 1. The van der Waals surface area contributed by atoms with Gasteiger partial charge in [-0.05, 0) is 52.0 Å². The maximum absolute atomic E-state index is 12.1. The molecule has 0 aliphatic carbocycles. The highest BCUT2D eigenvalue weighted by Gasteiger charge is 2.22. The van der Waals surface area contributed by atoms with Crippen LogP contribution >= 0.6 is 27.3 Å². The third kappa shape index (κ3) is 4.30. The van der Waals surface area contributed by atoms with Crippen molar-refractivity contribution in [1.82, 2.24) is 5.32 Å². The molecule has 0 saturated carbocycles. The van der Waals surface area contributed by atoms with Gasteiger partial charge in [-0.15, -0.1) is 11.3 Å². The Bertz CT molecular complexity index is 614. The van der Waals surface area contributed by atoms with Crippen LogP contribution in [0.1, 0.15) is 23.4 Å². The van der Waals surface area contributed by atoms with Gasteiger partial charge in [-0.3, -0.25) is 5.32 Å². The Balaban J connectivity index is 2.16. The molecule has 1 aromatic carbocycles. The first-order chi connectivity index (χ1) is 10.1. The zero-order chi connectivity index (χ0) is 15.2. The predicted octanol–water partition coefficient (Wildman–Crippen LogP) is 3.61. The van der Waals surface area contributed by atoms with E-state index in [1.54, 1.807) is 42.5 Å². The van der Waals surface area contributed by atoms with E-state index in [9.17, 15) is 9.90 Å². The molecule has 2 aromatic rings. The summed E-state index contributed by atoms with van der Waals surface area (Å²) in [5, 5.41) is 14.8. The Kier molecular flexibility index (Phi) is 5.78. The smallest absolute Gasteiger partial charge is 0.327 e. The van der Waals surface area contributed by atoms with Crippen molar-refractivity contribution in [2.45, 2.75) is 19.5 Å². The molecule has 0 aliphatic heterocycles. The second-order valence-corrected chi connectivity index (χ2v) is 6.21. The Labute approximate surface area is 135 Å². The van der Waals surface area contributed by atoms with E-state index in [1.807, 2.05) is 11.4 Å². The first kappa shape index (κ1) is 16.0. The van der Waals surface area contributed by atoms with Crippen molar-refractivity contribution in [3.05, 3.63) is 50.6 Å². The second kappa shape index (κ2) is 7.59. The van der Waals surface area contributed by atoms with E-state index in [-0.39, 0.29) is 11.7 Å². The number of esters is 1. The summed E-state index contributed by atoms with van der Waals surface area (Å²) in [7, 11) is 0. The molecule has 21 heavy (non-hydrogen) atoms. The summed E-state index contributed by atoms with van der Waals surface area (Å²) in [5.74, 6) is -0.225. The van der Waals surface area contributed by atoms with Crippen molar-refractivity contribution in [3.8, 4) is 5.75 Å². The summed E-state index contributed by atoms with van der Waals surface area (Å²) >= 11 is 5.07. The summed E-state index contributed by atoms with van der Waals surface area (Å²) in [4.78, 5) is 13.2. The van der Waals surface area contributed by atoms with E-state index in [4.69, 9.17) is 4.74 Å². The molecule has 2 rings (SSSR count). The van der Waals surface area contributed by atoms with Crippen LogP contribution in [0.4, 0.5) is 0 Å². The van der Waals surface area contributed by atoms with Crippen molar-refractivity contribution >= 4 is 33.2 Å². The van der Waals surface area contributed by atoms with Gasteiger partial charge in [0.25, 0.3) is 0 Å². The van der Waals surface area contributed by atoms with Gasteiger partial charge in [0.15, 0.2) is 0 Å². The summed E-state index contributed by atoms with van der Waals surface area (Å²) in [5.41, 5.74) is 0.682. The standard InChI is InChI=1S/C15H16BrNO3S/c1-2-20-15(19)14(10-4-3-5-11(18)8-10)17-9-13-12(16)6-7-21-13/h3-8,14,17-18H,2,9H2,1H3. The minimum atomic E-state index is -0.606. The number of carbonyl (C=O) groups is 1. The van der Waals surface area contributed by atoms with Crippen LogP contribution in [-0.4, -0.2) is 17.7 Å². The fraction of sp³-hybridized carbons (Fsp3) is 0.267. The van der Waals surface area contributed by atoms with Crippen molar-refractivity contribution in [1.29, 1.82) is 0 Å². The van der Waals surface area contributed by atoms with E-state index < -0.39 is 6.04 Å². The number of aromatic hydroxyl groups is 1. The Hall–Kier alpha value is -1.37. The number of thiophene rings is 1. The minimum absolute atomic E-state index is 0.126. The van der Waals surface area contributed by atoms with Crippen molar-refractivity contribution < 1.29 is 14.6 Å². The molecule has 0 amide bonds. The molecular weight excluding hydrogens is 354 g/mol. The summed E-state index contributed by atoms with van der Waals surface area (Å²) < 4.78 is 6.12. The number of hydrogen-bond acceptors (Lipinski definition) is 5. The Morgan fingerprint density at radius 1 is 1.48 bits per heavy atom. The van der Waals surface area contributed by atoms with Gasteiger partial charge in [0.05, 0.1) is 6.61 Å². The van der Waals surface area contributed by atoms with E-state index in [0.29, 0.717) is 18.7 Å². The molecule has 0 spiro atoms. The normalized spacial score (nSPS) is 12.1. The summed E-state index contributed by atoms with van der Waals surface area (Å²) in [6, 6.07) is 8.00. The average Bonchev–Trinajstić information content (AvgIpc) is 2.85. The monoisotopic (exact) mass is 369 g/mol. The average molecular weight is 370 g/mol. The van der Waals surface area contributed by atoms with Crippen LogP contribution in [0.2, 0.25) is 0 Å². The molecule has 0 saturated heterocycles. The van der Waals surface area contributed by atoms with Gasteiger partial charge in [-0.2, -0.15) is 0 Å². The van der Waals surface area contributed by atoms with E-state index in [0.717, 1.165) is 9.35 Å². The van der Waals surface area contributed by atoms with Crippen LogP contribution in [-0.2, 0) is 16.1 Å². The van der Waals surface area contributed by atoms with Gasteiger partial charge in [0.2, 0.25) is 0 Å². The minimum Gasteiger partial charge on any atom is -0.508 e. The van der Waals surface area contributed by atoms with Crippen molar-refractivity contribution in [2.24, 2.45) is 0 Å². The molecule has 2 N–H and O–H groups in total. The van der Waals surface area contributed by atoms with Crippen molar-refractivity contribution in [2.75, 3.05) is 6.61 Å². The number of phenolic OH excluding ortho intramolecular Hbond substituents is 1. The third-order valence-electron chi connectivity index (χ3n) is 2.88. The van der Waals surface area contributed by atoms with Crippen LogP contribution < -0.4 is 5.32 Å². The lowest BCUT2D eigenvalue weighted by atomic mass is 10.1. The lowest BCUT2D eigenvalue weighted by molar-refractivity contribution is -0.145.